The van der Waals surface area contributed by atoms with Gasteiger partial charge in [-0.2, -0.15) is 0 Å². The fourth-order valence-corrected chi connectivity index (χ4v) is 8.27. The Bertz CT molecular complexity index is 601. The van der Waals surface area contributed by atoms with Gasteiger partial charge in [0.05, 0.1) is 18.6 Å². The van der Waals surface area contributed by atoms with Gasteiger partial charge in [0.15, 0.2) is 0 Å². The molecule has 0 bridgehead atoms. The van der Waals surface area contributed by atoms with Crippen LogP contribution in [0.25, 0.3) is 0 Å². The van der Waals surface area contributed by atoms with Crippen LogP contribution in [0.4, 0.5) is 0 Å². The van der Waals surface area contributed by atoms with Gasteiger partial charge in [0.1, 0.15) is 0 Å². The van der Waals surface area contributed by atoms with Gasteiger partial charge < -0.3 is 9.84 Å². The predicted octanol–water partition coefficient (Wildman–Crippen LogP) is 5.99. The van der Waals surface area contributed by atoms with E-state index < -0.39 is 0 Å². The summed E-state index contributed by atoms with van der Waals surface area (Å²) < 4.78 is 5.95. The van der Waals surface area contributed by atoms with E-state index in [1.165, 1.54) is 44.9 Å². The zero-order valence-electron chi connectivity index (χ0n) is 19.3. The summed E-state index contributed by atoms with van der Waals surface area (Å²) >= 11 is 0. The van der Waals surface area contributed by atoms with Gasteiger partial charge in [0.2, 0.25) is 0 Å². The van der Waals surface area contributed by atoms with Crippen molar-refractivity contribution in [1.29, 1.82) is 0 Å². The van der Waals surface area contributed by atoms with Crippen LogP contribution in [0.2, 0.25) is 0 Å². The Labute approximate surface area is 178 Å². The number of fused-ring (bicyclic) bond motifs is 5. The third-order valence-corrected chi connectivity index (χ3v) is 10.1. The predicted molar refractivity (Wildman–Crippen MR) is 116 cm³/mol. The second-order valence-electron chi connectivity index (χ2n) is 12.0. The Morgan fingerprint density at radius 3 is 2.52 bits per heavy atom. The van der Waals surface area contributed by atoms with Crippen molar-refractivity contribution in [2.75, 3.05) is 6.61 Å². The van der Waals surface area contributed by atoms with Gasteiger partial charge >= 0.3 is 5.97 Å². The van der Waals surface area contributed by atoms with Crippen LogP contribution < -0.4 is 0 Å². The van der Waals surface area contributed by atoms with Crippen LogP contribution in [0, 0.1) is 46.3 Å². The number of hydrogen-bond acceptors (Lipinski definition) is 3. The van der Waals surface area contributed by atoms with E-state index in [0.717, 1.165) is 25.7 Å². The Morgan fingerprint density at radius 2 is 1.76 bits per heavy atom. The van der Waals surface area contributed by atoms with Crippen molar-refractivity contribution in [3.63, 3.8) is 0 Å². The molecule has 0 radical (unpaired) electrons. The van der Waals surface area contributed by atoms with Crippen LogP contribution in [-0.4, -0.2) is 23.8 Å². The van der Waals surface area contributed by atoms with Crippen molar-refractivity contribution in [3.8, 4) is 0 Å². The lowest BCUT2D eigenvalue weighted by molar-refractivity contribution is -0.153. The van der Waals surface area contributed by atoms with E-state index in [0.29, 0.717) is 41.6 Å². The van der Waals surface area contributed by atoms with Crippen LogP contribution in [0.1, 0.15) is 98.3 Å². The highest BCUT2D eigenvalue weighted by molar-refractivity contribution is 5.74. The molecule has 0 amide bonds. The topological polar surface area (TPSA) is 46.5 Å². The monoisotopic (exact) mass is 404 g/mol. The molecule has 8 atom stereocenters. The van der Waals surface area contributed by atoms with Crippen molar-refractivity contribution >= 4 is 5.97 Å². The average molecular weight is 405 g/mol. The number of esters is 1. The quantitative estimate of drug-likeness (QED) is 0.573. The molecule has 4 aliphatic rings. The third kappa shape index (κ3) is 3.79. The number of carbonyl (C=O) groups is 1. The van der Waals surface area contributed by atoms with E-state index in [2.05, 4.69) is 27.7 Å². The summed E-state index contributed by atoms with van der Waals surface area (Å²) in [5.41, 5.74) is 0.462. The first-order valence-corrected chi connectivity index (χ1v) is 12.6. The molecular formula is C26H44O3. The Balaban J connectivity index is 1.51. The summed E-state index contributed by atoms with van der Waals surface area (Å²) in [5.74, 6) is 3.36. The van der Waals surface area contributed by atoms with E-state index >= 15 is 0 Å². The van der Waals surface area contributed by atoms with Gasteiger partial charge in [0.25, 0.3) is 0 Å². The van der Waals surface area contributed by atoms with E-state index in [9.17, 15) is 9.90 Å². The van der Waals surface area contributed by atoms with Crippen molar-refractivity contribution in [2.24, 2.45) is 46.3 Å². The highest BCUT2D eigenvalue weighted by Gasteiger charge is 2.60. The molecule has 3 nitrogen and oxygen atoms in total. The molecule has 3 saturated carbocycles. The molecule has 1 aliphatic heterocycles. The standard InChI is InChI=1S/C26H44O3/c1-17(2)8-10-19(27)15-18-9-11-21-20-16-29-24(28)23-7-5-6-13-26(23,4)22(20)12-14-25(18,21)3/h17-23,27H,5-16H2,1-4H3. The maximum atomic E-state index is 12.9. The fraction of sp³-hybridized carbons (Fsp3) is 0.962. The molecule has 4 rings (SSSR count). The summed E-state index contributed by atoms with van der Waals surface area (Å²) in [4.78, 5) is 12.9. The first-order chi connectivity index (χ1) is 13.8. The highest BCUT2D eigenvalue weighted by atomic mass is 16.5. The maximum absolute atomic E-state index is 12.9. The minimum Gasteiger partial charge on any atom is -0.465 e. The van der Waals surface area contributed by atoms with Crippen LogP contribution in [-0.2, 0) is 9.53 Å². The van der Waals surface area contributed by atoms with E-state index in [1.54, 1.807) is 0 Å². The van der Waals surface area contributed by atoms with Gasteiger partial charge in [-0.05, 0) is 98.2 Å². The van der Waals surface area contributed by atoms with Crippen molar-refractivity contribution in [3.05, 3.63) is 0 Å². The van der Waals surface area contributed by atoms with Crippen LogP contribution >= 0.6 is 0 Å². The molecule has 8 unspecified atom stereocenters. The van der Waals surface area contributed by atoms with Gasteiger partial charge in [0, 0.05) is 0 Å². The number of rotatable bonds is 5. The van der Waals surface area contributed by atoms with E-state index in [-0.39, 0.29) is 23.4 Å². The molecule has 1 heterocycles. The summed E-state index contributed by atoms with van der Waals surface area (Å²) in [7, 11) is 0. The second-order valence-corrected chi connectivity index (χ2v) is 12.0. The molecule has 4 fully saturated rings. The zero-order valence-corrected chi connectivity index (χ0v) is 19.3. The van der Waals surface area contributed by atoms with Crippen LogP contribution in [0.15, 0.2) is 0 Å². The molecule has 29 heavy (non-hydrogen) atoms. The number of ether oxygens (including phenoxy) is 1. The van der Waals surface area contributed by atoms with E-state index in [1.807, 2.05) is 0 Å². The van der Waals surface area contributed by atoms with Crippen molar-refractivity contribution in [1.82, 2.24) is 0 Å². The van der Waals surface area contributed by atoms with Crippen LogP contribution in [0.5, 0.6) is 0 Å². The smallest absolute Gasteiger partial charge is 0.309 e. The van der Waals surface area contributed by atoms with Crippen molar-refractivity contribution in [2.45, 2.75) is 104 Å². The molecule has 1 N–H and O–H groups in total. The maximum Gasteiger partial charge on any atom is 0.309 e. The molecular weight excluding hydrogens is 360 g/mol. The van der Waals surface area contributed by atoms with Crippen molar-refractivity contribution < 1.29 is 14.6 Å². The molecule has 0 aromatic rings. The summed E-state index contributed by atoms with van der Waals surface area (Å²) in [6, 6.07) is 0. The summed E-state index contributed by atoms with van der Waals surface area (Å²) in [6.45, 7) is 10.1. The van der Waals surface area contributed by atoms with Gasteiger partial charge in [-0.3, -0.25) is 4.79 Å². The number of cyclic esters (lactones) is 1. The largest absolute Gasteiger partial charge is 0.465 e. The highest BCUT2D eigenvalue weighted by Crippen LogP contribution is 2.65. The summed E-state index contributed by atoms with van der Waals surface area (Å²) in [5, 5.41) is 10.7. The lowest BCUT2D eigenvalue weighted by Gasteiger charge is -2.54. The Hall–Kier alpha value is -0.570. The zero-order chi connectivity index (χ0) is 20.8. The molecule has 0 aromatic carbocycles. The molecule has 3 aliphatic carbocycles. The number of aliphatic hydroxyl groups is 1. The normalized spacial score (nSPS) is 45.7. The number of hydrogen-bond donors (Lipinski definition) is 1. The molecule has 1 saturated heterocycles. The van der Waals surface area contributed by atoms with E-state index in [4.69, 9.17) is 4.74 Å². The van der Waals surface area contributed by atoms with Crippen LogP contribution in [0.3, 0.4) is 0 Å². The van der Waals surface area contributed by atoms with Gasteiger partial charge in [-0.15, -0.1) is 0 Å². The first kappa shape index (κ1) is 21.7. The third-order valence-electron chi connectivity index (χ3n) is 10.1. The lowest BCUT2D eigenvalue weighted by Crippen LogP contribution is -2.50. The van der Waals surface area contributed by atoms with Gasteiger partial charge in [-0.25, -0.2) is 0 Å². The number of aliphatic hydroxyl groups excluding tert-OH is 1. The number of carbonyl (C=O) groups excluding carboxylic acids is 1. The minimum atomic E-state index is -0.150. The molecule has 166 valence electrons. The Kier molecular flexibility index (Phi) is 6.10. The molecule has 3 heteroatoms. The fourth-order valence-electron chi connectivity index (χ4n) is 8.27. The SMILES string of the molecule is CC(C)CCC(O)CC1CCC2C3COC(=O)C4CCCCC4(C)C3CCC12C. The summed E-state index contributed by atoms with van der Waals surface area (Å²) in [6.07, 6.45) is 12.6. The molecule has 0 aromatic heterocycles. The second kappa shape index (κ2) is 8.17. The average Bonchev–Trinajstić information content (AvgIpc) is 2.95. The lowest BCUT2D eigenvalue weighted by atomic mass is 9.49. The van der Waals surface area contributed by atoms with Gasteiger partial charge in [-0.1, -0.05) is 40.5 Å². The molecule has 0 spiro atoms. The Morgan fingerprint density at radius 1 is 1.00 bits per heavy atom. The first-order valence-electron chi connectivity index (χ1n) is 12.6. The minimum absolute atomic E-state index is 0.0990.